The number of carbonyl (C=O) groups is 1. The summed E-state index contributed by atoms with van der Waals surface area (Å²) in [6.45, 7) is 2.70. The number of hydrogen-bond donors (Lipinski definition) is 3. The molecule has 2 aromatic heterocycles. The minimum atomic E-state index is -0.422. The molecule has 2 atom stereocenters. The first-order chi connectivity index (χ1) is 19.0. The number of pyridine rings is 1. The second-order valence-electron chi connectivity index (χ2n) is 10.3. The smallest absolute Gasteiger partial charge is 0.296 e. The number of aromatic nitrogens is 4. The first-order valence-corrected chi connectivity index (χ1v) is 13.7. The molecule has 1 aliphatic rings. The molecule has 1 saturated carbocycles. The molecule has 2 unspecified atom stereocenters. The summed E-state index contributed by atoms with van der Waals surface area (Å²) in [7, 11) is 0. The van der Waals surface area contributed by atoms with Gasteiger partial charge < -0.3 is 15.2 Å². The molecule has 5 rings (SSSR count). The van der Waals surface area contributed by atoms with Crippen molar-refractivity contribution >= 4 is 11.7 Å². The third-order valence-electron chi connectivity index (χ3n) is 7.25. The Balaban J connectivity index is 1.19. The van der Waals surface area contributed by atoms with Gasteiger partial charge in [-0.2, -0.15) is 0 Å². The Hall–Kier alpha value is -4.04. The number of aliphatic hydroxyl groups is 1. The van der Waals surface area contributed by atoms with E-state index in [4.69, 9.17) is 4.74 Å². The number of nitrogens with zero attached hydrogens (tertiary/aromatic N) is 3. The fraction of sp³-hybridized carbons (Fsp3) is 0.355. The summed E-state index contributed by atoms with van der Waals surface area (Å²) >= 11 is 0. The van der Waals surface area contributed by atoms with Gasteiger partial charge in [-0.05, 0) is 85.0 Å². The molecule has 0 bridgehead atoms. The van der Waals surface area contributed by atoms with E-state index in [-0.39, 0.29) is 11.9 Å². The van der Waals surface area contributed by atoms with E-state index in [0.29, 0.717) is 30.6 Å². The van der Waals surface area contributed by atoms with Crippen LogP contribution in [0.3, 0.4) is 0 Å². The Kier molecular flexibility index (Phi) is 8.63. The molecule has 8 nitrogen and oxygen atoms in total. The third-order valence-corrected chi connectivity index (χ3v) is 7.25. The van der Waals surface area contributed by atoms with Crippen molar-refractivity contribution in [2.75, 3.05) is 11.9 Å². The van der Waals surface area contributed by atoms with E-state index in [1.54, 1.807) is 6.20 Å². The highest BCUT2D eigenvalue weighted by Gasteiger charge is 2.19. The van der Waals surface area contributed by atoms with Gasteiger partial charge in [0.25, 0.3) is 5.91 Å². The lowest BCUT2D eigenvalue weighted by Gasteiger charge is -2.25. The van der Waals surface area contributed by atoms with E-state index in [2.05, 4.69) is 25.5 Å². The fourth-order valence-corrected chi connectivity index (χ4v) is 5.19. The van der Waals surface area contributed by atoms with Gasteiger partial charge in [-0.3, -0.25) is 9.89 Å². The molecule has 39 heavy (non-hydrogen) atoms. The van der Waals surface area contributed by atoms with Crippen LogP contribution in [0.2, 0.25) is 0 Å². The van der Waals surface area contributed by atoms with Crippen molar-refractivity contribution in [3.8, 4) is 16.9 Å². The van der Waals surface area contributed by atoms with Gasteiger partial charge in [0.05, 0.1) is 12.7 Å². The summed E-state index contributed by atoms with van der Waals surface area (Å²) in [5.74, 6) is 2.11. The van der Waals surface area contributed by atoms with E-state index < -0.39 is 5.91 Å². The lowest BCUT2D eigenvalue weighted by Crippen LogP contribution is -2.19. The van der Waals surface area contributed by atoms with Crippen molar-refractivity contribution in [2.24, 2.45) is 5.92 Å². The molecular formula is C31H35N5O3. The minimum absolute atomic E-state index is 0.0717. The highest BCUT2D eigenvalue weighted by molar-refractivity contribution is 6.01. The van der Waals surface area contributed by atoms with Crippen LogP contribution >= 0.6 is 0 Å². The summed E-state index contributed by atoms with van der Waals surface area (Å²) in [6.07, 6.45) is 8.35. The van der Waals surface area contributed by atoms with E-state index in [1.807, 2.05) is 67.6 Å². The van der Waals surface area contributed by atoms with Gasteiger partial charge in [0.15, 0.2) is 0 Å². The number of anilines is 1. The number of ether oxygens (including phenoxy) is 1. The largest absolute Gasteiger partial charge is 0.494 e. The average Bonchev–Trinajstić information content (AvgIpc) is 3.41. The van der Waals surface area contributed by atoms with Gasteiger partial charge in [-0.25, -0.2) is 9.97 Å². The molecule has 0 radical (unpaired) electrons. The number of aryl methyl sites for hydroxylation is 1. The normalized spacial score (nSPS) is 17.1. The zero-order chi connectivity index (χ0) is 27.0. The second-order valence-corrected chi connectivity index (χ2v) is 10.3. The third kappa shape index (κ3) is 7.29. The molecule has 2 aromatic carbocycles. The van der Waals surface area contributed by atoms with Crippen LogP contribution in [0.1, 0.15) is 66.1 Å². The van der Waals surface area contributed by atoms with Gasteiger partial charge in [-0.15, -0.1) is 5.10 Å². The number of aromatic amines is 1. The Bertz CT molecular complexity index is 1390. The summed E-state index contributed by atoms with van der Waals surface area (Å²) in [4.78, 5) is 21.5. The molecule has 8 heteroatoms. The summed E-state index contributed by atoms with van der Waals surface area (Å²) in [5.41, 5.74) is 4.13. The first kappa shape index (κ1) is 26.6. The molecule has 202 valence electrons. The van der Waals surface area contributed by atoms with Crippen LogP contribution in [0.4, 0.5) is 5.82 Å². The molecule has 4 aromatic rings. The van der Waals surface area contributed by atoms with E-state index in [0.717, 1.165) is 60.1 Å². The van der Waals surface area contributed by atoms with Gasteiger partial charge in [0, 0.05) is 12.6 Å². The van der Waals surface area contributed by atoms with Crippen molar-refractivity contribution in [1.82, 2.24) is 20.2 Å². The number of nitrogens with one attached hydrogen (secondary N) is 2. The Labute approximate surface area is 228 Å². The number of hydrogen-bond acceptors (Lipinski definition) is 6. The number of amides is 1. The molecule has 2 heterocycles. The quantitative estimate of drug-likeness (QED) is 0.228. The predicted molar refractivity (Wildman–Crippen MR) is 151 cm³/mol. The Morgan fingerprint density at radius 1 is 1.13 bits per heavy atom. The van der Waals surface area contributed by atoms with Crippen LogP contribution in [-0.4, -0.2) is 43.9 Å². The zero-order valence-corrected chi connectivity index (χ0v) is 22.3. The van der Waals surface area contributed by atoms with Crippen molar-refractivity contribution < 1.29 is 14.6 Å². The van der Waals surface area contributed by atoms with Crippen LogP contribution < -0.4 is 10.1 Å². The number of H-pyrrole nitrogens is 1. The molecule has 3 N–H and O–H groups in total. The Morgan fingerprint density at radius 3 is 2.85 bits per heavy atom. The maximum absolute atomic E-state index is 12.8. The van der Waals surface area contributed by atoms with Crippen molar-refractivity contribution in [3.05, 3.63) is 89.6 Å². The monoisotopic (exact) mass is 525 g/mol. The highest BCUT2D eigenvalue weighted by Crippen LogP contribution is 2.30. The molecule has 0 aliphatic heterocycles. The SMILES string of the molecule is Cc1ccc(OCCCC2CCCC(O)C2)cc1-c1ccnc(NC(=O)c2n[nH]c(Cc3ccccc3)n2)c1. The number of rotatable bonds is 10. The van der Waals surface area contributed by atoms with E-state index >= 15 is 0 Å². The van der Waals surface area contributed by atoms with E-state index in [9.17, 15) is 9.90 Å². The Morgan fingerprint density at radius 2 is 2.00 bits per heavy atom. The van der Waals surface area contributed by atoms with E-state index in [1.165, 1.54) is 6.42 Å². The molecule has 1 aliphatic carbocycles. The summed E-state index contributed by atoms with van der Waals surface area (Å²) in [6, 6.07) is 19.7. The zero-order valence-electron chi connectivity index (χ0n) is 22.3. The lowest BCUT2D eigenvalue weighted by molar-refractivity contribution is 0.0958. The number of benzene rings is 2. The summed E-state index contributed by atoms with van der Waals surface area (Å²) < 4.78 is 6.07. The second kappa shape index (κ2) is 12.7. The van der Waals surface area contributed by atoms with Gasteiger partial charge in [0.2, 0.25) is 5.82 Å². The molecular weight excluding hydrogens is 490 g/mol. The van der Waals surface area contributed by atoms with Gasteiger partial charge >= 0.3 is 0 Å². The minimum Gasteiger partial charge on any atom is -0.494 e. The maximum atomic E-state index is 12.8. The molecule has 1 amide bonds. The number of aliphatic hydroxyl groups excluding tert-OH is 1. The molecule has 1 fully saturated rings. The topological polar surface area (TPSA) is 113 Å². The number of carbonyl (C=O) groups excluding carboxylic acids is 1. The van der Waals surface area contributed by atoms with Crippen LogP contribution in [0.15, 0.2) is 66.9 Å². The van der Waals surface area contributed by atoms with Crippen LogP contribution in [0.25, 0.3) is 11.1 Å². The van der Waals surface area contributed by atoms with Crippen LogP contribution in [-0.2, 0) is 6.42 Å². The fourth-order valence-electron chi connectivity index (χ4n) is 5.19. The lowest BCUT2D eigenvalue weighted by atomic mass is 9.84. The van der Waals surface area contributed by atoms with Crippen LogP contribution in [0, 0.1) is 12.8 Å². The first-order valence-electron chi connectivity index (χ1n) is 13.7. The molecule has 0 saturated heterocycles. The summed E-state index contributed by atoms with van der Waals surface area (Å²) in [5, 5.41) is 19.6. The van der Waals surface area contributed by atoms with Crippen LogP contribution in [0.5, 0.6) is 5.75 Å². The van der Waals surface area contributed by atoms with Gasteiger partial charge in [-0.1, -0.05) is 49.2 Å². The maximum Gasteiger partial charge on any atom is 0.296 e. The van der Waals surface area contributed by atoms with Crippen molar-refractivity contribution in [3.63, 3.8) is 0 Å². The molecule has 0 spiro atoms. The van der Waals surface area contributed by atoms with Gasteiger partial charge in [0.1, 0.15) is 17.4 Å². The average molecular weight is 526 g/mol. The predicted octanol–water partition coefficient (Wildman–Crippen LogP) is 5.73. The van der Waals surface area contributed by atoms with Crippen molar-refractivity contribution in [2.45, 2.75) is 58.0 Å². The van der Waals surface area contributed by atoms with Crippen molar-refractivity contribution in [1.29, 1.82) is 0 Å². The highest BCUT2D eigenvalue weighted by atomic mass is 16.5. The standard InChI is InChI=1S/C31H35N5O3/c1-21-12-13-26(39-16-6-10-22-9-5-11-25(37)17-22)20-27(21)24-14-15-32-28(19-24)34-31(38)30-33-29(35-36-30)18-23-7-3-2-4-8-23/h2-4,7-8,12-15,19-20,22,25,37H,5-6,9-11,16-18H2,1H3,(H,32,34,38)(H,33,35,36).